The number of amides is 3. The molecule has 7 rings (SSSR count). The predicted molar refractivity (Wildman–Crippen MR) is 102 cm³/mol. The smallest absolute Gasteiger partial charge is 0.252 e. The number of allylic oxidation sites excluding steroid dienone is 2. The molecule has 2 aromatic carbocycles. The fraction of sp³-hybridized carbons (Fsp3) is 0.348. The SMILES string of the molecule is O=C(Cc1cccc2ccccc12)NN1C(=O)[C@@H]2[C@H]3C=C[C@H]([C@@H]4C[C@H]34)[C@@H]2C1=O. The summed E-state index contributed by atoms with van der Waals surface area (Å²) in [6, 6.07) is 13.7. The molecule has 28 heavy (non-hydrogen) atoms. The van der Waals surface area contributed by atoms with E-state index in [0.29, 0.717) is 11.8 Å². The van der Waals surface area contributed by atoms with Crippen LogP contribution in [0.4, 0.5) is 0 Å². The van der Waals surface area contributed by atoms with Crippen molar-refractivity contribution in [2.75, 3.05) is 0 Å². The number of imide groups is 1. The van der Waals surface area contributed by atoms with Crippen LogP contribution >= 0.6 is 0 Å². The first kappa shape index (κ1) is 16.0. The average molecular weight is 372 g/mol. The van der Waals surface area contributed by atoms with Crippen molar-refractivity contribution in [2.24, 2.45) is 35.5 Å². The van der Waals surface area contributed by atoms with Crippen molar-refractivity contribution >= 4 is 28.5 Å². The van der Waals surface area contributed by atoms with Gasteiger partial charge in [0.15, 0.2) is 0 Å². The van der Waals surface area contributed by atoms with Crippen LogP contribution in [0, 0.1) is 35.5 Å². The quantitative estimate of drug-likeness (QED) is 0.665. The van der Waals surface area contributed by atoms with Crippen LogP contribution in [0.5, 0.6) is 0 Å². The number of carbonyl (C=O) groups is 3. The molecule has 140 valence electrons. The minimum atomic E-state index is -0.331. The molecule has 2 bridgehead atoms. The Hall–Kier alpha value is -2.95. The van der Waals surface area contributed by atoms with Gasteiger partial charge in [0, 0.05) is 0 Å². The van der Waals surface area contributed by atoms with Gasteiger partial charge in [0.1, 0.15) is 0 Å². The molecule has 3 amide bonds. The summed E-state index contributed by atoms with van der Waals surface area (Å²) in [4.78, 5) is 38.6. The van der Waals surface area contributed by atoms with Crippen molar-refractivity contribution in [3.8, 4) is 0 Å². The Morgan fingerprint density at radius 1 is 0.929 bits per heavy atom. The van der Waals surface area contributed by atoms with E-state index in [1.165, 1.54) is 0 Å². The number of carbonyl (C=O) groups excluding carboxylic acids is 3. The van der Waals surface area contributed by atoms with Crippen molar-refractivity contribution in [1.82, 2.24) is 10.4 Å². The third-order valence-corrected chi connectivity index (χ3v) is 7.13. The van der Waals surface area contributed by atoms with Crippen LogP contribution in [0.15, 0.2) is 54.6 Å². The van der Waals surface area contributed by atoms with Gasteiger partial charge in [-0.2, -0.15) is 5.01 Å². The van der Waals surface area contributed by atoms with E-state index in [1.807, 2.05) is 42.5 Å². The van der Waals surface area contributed by atoms with Gasteiger partial charge in [-0.15, -0.1) is 0 Å². The third-order valence-electron chi connectivity index (χ3n) is 7.13. The van der Waals surface area contributed by atoms with E-state index in [9.17, 15) is 14.4 Å². The van der Waals surface area contributed by atoms with Crippen molar-refractivity contribution < 1.29 is 14.4 Å². The van der Waals surface area contributed by atoms with Crippen molar-refractivity contribution in [2.45, 2.75) is 12.8 Å². The predicted octanol–water partition coefficient (Wildman–Crippen LogP) is 2.47. The summed E-state index contributed by atoms with van der Waals surface area (Å²) >= 11 is 0. The van der Waals surface area contributed by atoms with Gasteiger partial charge >= 0.3 is 0 Å². The van der Waals surface area contributed by atoms with Gasteiger partial charge in [-0.25, -0.2) is 0 Å². The Bertz CT molecular complexity index is 1030. The third kappa shape index (κ3) is 2.10. The molecule has 4 aliphatic carbocycles. The number of nitrogens with one attached hydrogen (secondary N) is 1. The molecule has 3 fully saturated rings. The Labute approximate surface area is 162 Å². The molecule has 0 unspecified atom stereocenters. The molecule has 5 heteroatoms. The fourth-order valence-corrected chi connectivity index (χ4v) is 5.85. The molecule has 1 aliphatic heterocycles. The van der Waals surface area contributed by atoms with Gasteiger partial charge in [0.2, 0.25) is 5.91 Å². The van der Waals surface area contributed by atoms with Gasteiger partial charge in [-0.3, -0.25) is 19.8 Å². The van der Waals surface area contributed by atoms with Crippen molar-refractivity contribution in [1.29, 1.82) is 0 Å². The Morgan fingerprint density at radius 3 is 2.29 bits per heavy atom. The van der Waals surface area contributed by atoms with E-state index in [0.717, 1.165) is 27.8 Å². The molecular formula is C23H20N2O3. The first-order chi connectivity index (χ1) is 13.6. The molecule has 2 aromatic rings. The van der Waals surface area contributed by atoms with Crippen molar-refractivity contribution in [3.63, 3.8) is 0 Å². The monoisotopic (exact) mass is 372 g/mol. The zero-order valence-corrected chi connectivity index (χ0v) is 15.2. The lowest BCUT2D eigenvalue weighted by atomic mass is 9.63. The molecule has 2 saturated carbocycles. The maximum Gasteiger partial charge on any atom is 0.252 e. The second-order valence-corrected chi connectivity index (χ2v) is 8.52. The Morgan fingerprint density at radius 2 is 1.57 bits per heavy atom. The summed E-state index contributed by atoms with van der Waals surface area (Å²) in [7, 11) is 0. The van der Waals surface area contributed by atoms with E-state index < -0.39 is 0 Å². The molecular weight excluding hydrogens is 352 g/mol. The summed E-state index contributed by atoms with van der Waals surface area (Å²) in [6.45, 7) is 0. The lowest BCUT2D eigenvalue weighted by Gasteiger charge is -2.37. The molecule has 0 aromatic heterocycles. The number of hydrogen-bond acceptors (Lipinski definition) is 3. The van der Waals surface area contributed by atoms with E-state index in [1.54, 1.807) is 0 Å². The van der Waals surface area contributed by atoms with Crippen molar-refractivity contribution in [3.05, 3.63) is 60.2 Å². The van der Waals surface area contributed by atoms with Gasteiger partial charge < -0.3 is 0 Å². The molecule has 1 saturated heterocycles. The summed E-state index contributed by atoms with van der Waals surface area (Å²) < 4.78 is 0. The minimum absolute atomic E-state index is 0.129. The number of hydrazine groups is 1. The second-order valence-electron chi connectivity index (χ2n) is 8.52. The topological polar surface area (TPSA) is 66.5 Å². The standard InChI is InChI=1S/C23H20N2O3/c26-19(10-13-6-3-5-12-4-1-2-7-14(12)13)24-25-22(27)20-15-8-9-16(18-11-17(15)18)21(20)23(25)28/h1-9,15-18,20-21H,10-11H2,(H,24,26)/t15-,16+,17+,18-,20+,21-. The maximum atomic E-state index is 13.0. The zero-order chi connectivity index (χ0) is 19.0. The number of nitrogens with zero attached hydrogens (tertiary/aromatic N) is 1. The first-order valence-electron chi connectivity index (χ1n) is 9.96. The highest BCUT2D eigenvalue weighted by atomic mass is 16.2. The average Bonchev–Trinajstić information content (AvgIpc) is 3.49. The number of hydrogen-bond donors (Lipinski definition) is 1. The minimum Gasteiger partial charge on any atom is -0.273 e. The van der Waals surface area contributed by atoms with E-state index in [-0.39, 0.29) is 47.8 Å². The lowest BCUT2D eigenvalue weighted by Crippen LogP contribution is -2.47. The fourth-order valence-electron chi connectivity index (χ4n) is 5.85. The summed E-state index contributed by atoms with van der Waals surface area (Å²) in [5.74, 6) is 0.0684. The molecule has 5 aliphatic rings. The molecule has 0 radical (unpaired) electrons. The van der Waals surface area contributed by atoms with Crippen LogP contribution in [-0.4, -0.2) is 22.7 Å². The van der Waals surface area contributed by atoms with Crippen LogP contribution in [0.2, 0.25) is 0 Å². The molecule has 1 heterocycles. The highest BCUT2D eigenvalue weighted by molar-refractivity contribution is 6.07. The van der Waals surface area contributed by atoms with Crippen LogP contribution in [0.1, 0.15) is 12.0 Å². The number of rotatable bonds is 3. The van der Waals surface area contributed by atoms with Gasteiger partial charge in [-0.1, -0.05) is 54.6 Å². The highest BCUT2D eigenvalue weighted by Crippen LogP contribution is 2.65. The van der Waals surface area contributed by atoms with Crippen LogP contribution in [0.3, 0.4) is 0 Å². The number of fused-ring (bicyclic) bond motifs is 1. The lowest BCUT2D eigenvalue weighted by molar-refractivity contribution is -0.149. The Balaban J connectivity index is 1.23. The second kappa shape index (κ2) is 5.53. The Kier molecular flexibility index (Phi) is 3.17. The summed E-state index contributed by atoms with van der Waals surface area (Å²) in [6.07, 6.45) is 5.52. The zero-order valence-electron chi connectivity index (χ0n) is 15.2. The molecule has 6 atom stereocenters. The van der Waals surface area contributed by atoms with Crippen LogP contribution < -0.4 is 5.43 Å². The van der Waals surface area contributed by atoms with Crippen LogP contribution in [0.25, 0.3) is 10.8 Å². The van der Waals surface area contributed by atoms with E-state index in [2.05, 4.69) is 17.6 Å². The van der Waals surface area contributed by atoms with E-state index >= 15 is 0 Å². The van der Waals surface area contributed by atoms with Gasteiger partial charge in [0.25, 0.3) is 11.8 Å². The maximum absolute atomic E-state index is 13.0. The summed E-state index contributed by atoms with van der Waals surface area (Å²) in [5, 5.41) is 3.09. The largest absolute Gasteiger partial charge is 0.273 e. The molecule has 0 spiro atoms. The van der Waals surface area contributed by atoms with Gasteiger partial charge in [0.05, 0.1) is 18.3 Å². The summed E-state index contributed by atoms with van der Waals surface area (Å²) in [5.41, 5.74) is 3.50. The molecule has 5 nitrogen and oxygen atoms in total. The molecule has 1 N–H and O–H groups in total. The highest BCUT2D eigenvalue weighted by Gasteiger charge is 2.67. The normalized spacial score (nSPS) is 34.5. The first-order valence-corrected chi connectivity index (χ1v) is 9.96. The van der Waals surface area contributed by atoms with Crippen LogP contribution in [-0.2, 0) is 20.8 Å². The van der Waals surface area contributed by atoms with E-state index in [4.69, 9.17) is 0 Å². The number of benzene rings is 2. The van der Waals surface area contributed by atoms with Gasteiger partial charge in [-0.05, 0) is 46.4 Å².